The van der Waals surface area contributed by atoms with Crippen molar-refractivity contribution in [2.75, 3.05) is 19.6 Å². The summed E-state index contributed by atoms with van der Waals surface area (Å²) in [5.41, 5.74) is 2.02. The number of benzene rings is 1. The maximum absolute atomic E-state index is 12.4. The molecule has 0 bridgehead atoms. The van der Waals surface area contributed by atoms with Crippen molar-refractivity contribution in [1.82, 2.24) is 10.2 Å². The number of carbonyl (C=O) groups excluding carboxylic acids is 2. The zero-order valence-electron chi connectivity index (χ0n) is 16.3. The fourth-order valence-electron chi connectivity index (χ4n) is 4.34. The van der Waals surface area contributed by atoms with Crippen molar-refractivity contribution in [2.24, 2.45) is 5.41 Å². The van der Waals surface area contributed by atoms with Gasteiger partial charge in [-0.05, 0) is 57.1 Å². The first-order valence-corrected chi connectivity index (χ1v) is 9.50. The predicted molar refractivity (Wildman–Crippen MR) is 101 cm³/mol. The van der Waals surface area contributed by atoms with Crippen molar-refractivity contribution in [2.45, 2.75) is 58.5 Å². The molecule has 1 N–H and O–H groups in total. The second kappa shape index (κ2) is 6.93. The number of ether oxygens (including phenoxy) is 1. The van der Waals surface area contributed by atoms with Gasteiger partial charge in [-0.25, -0.2) is 4.79 Å². The molecule has 1 aromatic rings. The van der Waals surface area contributed by atoms with Crippen LogP contribution in [0.2, 0.25) is 0 Å². The Balaban J connectivity index is 1.78. The Morgan fingerprint density at radius 3 is 2.50 bits per heavy atom. The summed E-state index contributed by atoms with van der Waals surface area (Å²) in [6.07, 6.45) is 1.95. The Labute approximate surface area is 156 Å². The Bertz CT molecular complexity index is 685. The van der Waals surface area contributed by atoms with Crippen LogP contribution in [0.15, 0.2) is 24.3 Å². The number of rotatable bonds is 1. The van der Waals surface area contributed by atoms with E-state index in [1.165, 1.54) is 11.1 Å². The highest BCUT2D eigenvalue weighted by Gasteiger charge is 2.47. The van der Waals surface area contributed by atoms with Crippen LogP contribution < -0.4 is 5.32 Å². The summed E-state index contributed by atoms with van der Waals surface area (Å²) in [6.45, 7) is 9.75. The smallest absolute Gasteiger partial charge is 0.410 e. The van der Waals surface area contributed by atoms with E-state index < -0.39 is 5.60 Å². The van der Waals surface area contributed by atoms with Gasteiger partial charge >= 0.3 is 6.09 Å². The van der Waals surface area contributed by atoms with Gasteiger partial charge in [-0.1, -0.05) is 24.3 Å². The molecule has 5 heteroatoms. The summed E-state index contributed by atoms with van der Waals surface area (Å²) in [5.74, 6) is 0.419. The quantitative estimate of drug-likeness (QED) is 0.834. The lowest BCUT2D eigenvalue weighted by molar-refractivity contribution is -0.128. The minimum absolute atomic E-state index is 0.0764. The molecule has 0 radical (unpaired) electrons. The first-order chi connectivity index (χ1) is 12.2. The topological polar surface area (TPSA) is 58.6 Å². The number of hydrogen-bond acceptors (Lipinski definition) is 3. The standard InChI is InChI=1S/C21H30N2O3/c1-15-7-5-6-8-16(15)17-14-22-18(24)13-21(17)9-11-23(12-10-21)19(25)26-20(2,3)4/h5-8,17H,9-14H2,1-4H3,(H,22,24). The lowest BCUT2D eigenvalue weighted by Gasteiger charge is -2.49. The first kappa shape index (κ1) is 18.7. The fourth-order valence-corrected chi connectivity index (χ4v) is 4.34. The average Bonchev–Trinajstić information content (AvgIpc) is 2.55. The average molecular weight is 358 g/mol. The molecule has 2 fully saturated rings. The maximum atomic E-state index is 12.4. The van der Waals surface area contributed by atoms with Crippen molar-refractivity contribution in [3.63, 3.8) is 0 Å². The number of aryl methyl sites for hydroxylation is 1. The van der Waals surface area contributed by atoms with Crippen LogP contribution in [0.1, 0.15) is 57.1 Å². The third-order valence-corrected chi connectivity index (χ3v) is 5.73. The largest absolute Gasteiger partial charge is 0.444 e. The van der Waals surface area contributed by atoms with E-state index in [1.807, 2.05) is 20.8 Å². The van der Waals surface area contributed by atoms with Crippen LogP contribution in [0.25, 0.3) is 0 Å². The molecule has 1 aromatic carbocycles. The van der Waals surface area contributed by atoms with Gasteiger partial charge in [0.15, 0.2) is 0 Å². The van der Waals surface area contributed by atoms with E-state index in [0.717, 1.165) is 12.8 Å². The van der Waals surface area contributed by atoms with Crippen LogP contribution >= 0.6 is 0 Å². The molecule has 1 unspecified atom stereocenters. The van der Waals surface area contributed by atoms with Crippen LogP contribution in [-0.2, 0) is 9.53 Å². The second-order valence-corrected chi connectivity index (χ2v) is 8.72. The van der Waals surface area contributed by atoms with Crippen LogP contribution in [0, 0.1) is 12.3 Å². The lowest BCUT2D eigenvalue weighted by Crippen LogP contribution is -2.53. The monoisotopic (exact) mass is 358 g/mol. The van der Waals surface area contributed by atoms with Gasteiger partial charge in [0.1, 0.15) is 5.60 Å². The van der Waals surface area contributed by atoms with E-state index in [1.54, 1.807) is 4.90 Å². The molecule has 0 saturated carbocycles. The number of piperidine rings is 2. The molecule has 0 aromatic heterocycles. The molecule has 5 nitrogen and oxygen atoms in total. The van der Waals surface area contributed by atoms with Gasteiger partial charge < -0.3 is 15.0 Å². The molecule has 3 rings (SSSR count). The first-order valence-electron chi connectivity index (χ1n) is 9.50. The summed E-state index contributed by atoms with van der Waals surface area (Å²) in [5, 5.41) is 3.05. The van der Waals surface area contributed by atoms with Crippen molar-refractivity contribution >= 4 is 12.0 Å². The van der Waals surface area contributed by atoms with Gasteiger partial charge in [-0.3, -0.25) is 4.79 Å². The van der Waals surface area contributed by atoms with Crippen molar-refractivity contribution < 1.29 is 14.3 Å². The molecule has 1 atom stereocenters. The molecule has 142 valence electrons. The molecule has 2 aliphatic rings. The maximum Gasteiger partial charge on any atom is 0.410 e. The summed E-state index contributed by atoms with van der Waals surface area (Å²) in [6, 6.07) is 8.44. The van der Waals surface area contributed by atoms with E-state index in [-0.39, 0.29) is 17.4 Å². The number of carbonyl (C=O) groups is 2. The summed E-state index contributed by atoms with van der Waals surface area (Å²) in [4.78, 5) is 26.4. The van der Waals surface area contributed by atoms with E-state index in [2.05, 4.69) is 36.5 Å². The van der Waals surface area contributed by atoms with Gasteiger partial charge in [-0.15, -0.1) is 0 Å². The molecule has 1 spiro atoms. The third-order valence-electron chi connectivity index (χ3n) is 5.73. The molecule has 26 heavy (non-hydrogen) atoms. The van der Waals surface area contributed by atoms with Crippen molar-refractivity contribution in [3.05, 3.63) is 35.4 Å². The van der Waals surface area contributed by atoms with Gasteiger partial charge in [0.25, 0.3) is 0 Å². The van der Waals surface area contributed by atoms with Crippen molar-refractivity contribution in [3.8, 4) is 0 Å². The number of amides is 2. The van der Waals surface area contributed by atoms with Gasteiger partial charge in [0, 0.05) is 32.0 Å². The zero-order chi connectivity index (χ0) is 18.9. The van der Waals surface area contributed by atoms with Gasteiger partial charge in [0.2, 0.25) is 5.91 Å². The number of likely N-dealkylation sites (tertiary alicyclic amines) is 1. The second-order valence-electron chi connectivity index (χ2n) is 8.72. The fraction of sp³-hybridized carbons (Fsp3) is 0.619. The molecular formula is C21H30N2O3. The highest BCUT2D eigenvalue weighted by molar-refractivity contribution is 5.78. The van der Waals surface area contributed by atoms with Crippen LogP contribution in [0.3, 0.4) is 0 Å². The van der Waals surface area contributed by atoms with E-state index in [9.17, 15) is 9.59 Å². The Hall–Kier alpha value is -2.04. The lowest BCUT2D eigenvalue weighted by atomic mass is 9.62. The van der Waals surface area contributed by atoms with Crippen molar-refractivity contribution in [1.29, 1.82) is 0 Å². The Morgan fingerprint density at radius 2 is 1.88 bits per heavy atom. The van der Waals surface area contributed by atoms with Gasteiger partial charge in [0.05, 0.1) is 0 Å². The zero-order valence-corrected chi connectivity index (χ0v) is 16.3. The molecular weight excluding hydrogens is 328 g/mol. The van der Waals surface area contributed by atoms with Gasteiger partial charge in [-0.2, -0.15) is 0 Å². The molecule has 2 aliphatic heterocycles. The number of nitrogens with zero attached hydrogens (tertiary/aromatic N) is 1. The van der Waals surface area contributed by atoms with Crippen LogP contribution in [0.5, 0.6) is 0 Å². The molecule has 2 amide bonds. The van der Waals surface area contributed by atoms with E-state index in [4.69, 9.17) is 4.74 Å². The number of hydrogen-bond donors (Lipinski definition) is 1. The summed E-state index contributed by atoms with van der Waals surface area (Å²) < 4.78 is 5.51. The predicted octanol–water partition coefficient (Wildman–Crippen LogP) is 3.62. The highest BCUT2D eigenvalue weighted by Crippen LogP contribution is 2.49. The molecule has 0 aliphatic carbocycles. The Morgan fingerprint density at radius 1 is 1.23 bits per heavy atom. The van der Waals surface area contributed by atoms with E-state index in [0.29, 0.717) is 32.0 Å². The summed E-state index contributed by atoms with van der Waals surface area (Å²) in [7, 11) is 0. The highest BCUT2D eigenvalue weighted by atomic mass is 16.6. The Kier molecular flexibility index (Phi) is 5.00. The molecule has 2 heterocycles. The summed E-state index contributed by atoms with van der Waals surface area (Å²) >= 11 is 0. The van der Waals surface area contributed by atoms with E-state index >= 15 is 0 Å². The third kappa shape index (κ3) is 3.87. The minimum atomic E-state index is -0.485. The normalized spacial score (nSPS) is 22.8. The minimum Gasteiger partial charge on any atom is -0.444 e. The SMILES string of the molecule is Cc1ccccc1C1CNC(=O)CC12CCN(C(=O)OC(C)(C)C)CC2. The van der Waals surface area contributed by atoms with Crippen LogP contribution in [0.4, 0.5) is 4.79 Å². The van der Waals surface area contributed by atoms with Crippen LogP contribution in [-0.4, -0.2) is 42.1 Å². The number of nitrogens with one attached hydrogen (secondary N) is 1. The molecule has 2 saturated heterocycles.